The van der Waals surface area contributed by atoms with Gasteiger partial charge < -0.3 is 19.7 Å². The summed E-state index contributed by atoms with van der Waals surface area (Å²) in [5.74, 6) is 1.18. The molecule has 0 fully saturated rings. The van der Waals surface area contributed by atoms with Crippen LogP contribution in [0.4, 0.5) is 0 Å². The molecule has 5 heteroatoms. The summed E-state index contributed by atoms with van der Waals surface area (Å²) in [7, 11) is 3.35. The maximum absolute atomic E-state index is 11.7. The topological polar surface area (TPSA) is 50.8 Å². The summed E-state index contributed by atoms with van der Waals surface area (Å²) < 4.78 is 10.8. The normalized spacial score (nSPS) is 10.2. The molecule has 0 aliphatic rings. The first-order chi connectivity index (χ1) is 9.62. The summed E-state index contributed by atoms with van der Waals surface area (Å²) in [5.41, 5.74) is 1.12. The molecule has 1 rings (SSSR count). The molecule has 0 saturated heterocycles. The van der Waals surface area contributed by atoms with Crippen molar-refractivity contribution < 1.29 is 14.3 Å². The molecule has 0 radical (unpaired) electrons. The summed E-state index contributed by atoms with van der Waals surface area (Å²) in [6.45, 7) is 6.37. The average molecular weight is 280 g/mol. The van der Waals surface area contributed by atoms with Crippen molar-refractivity contribution in [3.63, 3.8) is 0 Å². The van der Waals surface area contributed by atoms with Gasteiger partial charge in [-0.3, -0.25) is 4.79 Å². The molecule has 0 aliphatic heterocycles. The molecule has 0 heterocycles. The van der Waals surface area contributed by atoms with Crippen LogP contribution in [-0.4, -0.2) is 44.7 Å². The lowest BCUT2D eigenvalue weighted by Gasteiger charge is -2.16. The third-order valence-corrected chi connectivity index (χ3v) is 3.06. The molecule has 1 N–H and O–H groups in total. The molecular weight excluding hydrogens is 256 g/mol. The third kappa shape index (κ3) is 4.74. The first-order valence-electron chi connectivity index (χ1n) is 6.86. The summed E-state index contributed by atoms with van der Waals surface area (Å²) in [6.07, 6.45) is 0. The summed E-state index contributed by atoms with van der Waals surface area (Å²) in [5, 5.41) is 3.25. The number of nitrogens with zero attached hydrogens (tertiary/aromatic N) is 1. The Labute approximate surface area is 120 Å². The van der Waals surface area contributed by atoms with Gasteiger partial charge in [0.2, 0.25) is 0 Å². The van der Waals surface area contributed by atoms with Gasteiger partial charge in [-0.2, -0.15) is 0 Å². The Balaban J connectivity index is 2.68. The number of hydrogen-bond acceptors (Lipinski definition) is 4. The number of rotatable bonds is 8. The highest BCUT2D eigenvalue weighted by atomic mass is 16.5. The first kappa shape index (κ1) is 16.3. The van der Waals surface area contributed by atoms with Gasteiger partial charge in [0.25, 0.3) is 5.91 Å². The van der Waals surface area contributed by atoms with Crippen molar-refractivity contribution in [3.8, 4) is 11.5 Å². The summed E-state index contributed by atoms with van der Waals surface area (Å²) in [4.78, 5) is 13.3. The van der Waals surface area contributed by atoms with Gasteiger partial charge in [-0.25, -0.2) is 0 Å². The molecule has 5 nitrogen and oxygen atoms in total. The van der Waals surface area contributed by atoms with E-state index < -0.39 is 0 Å². The van der Waals surface area contributed by atoms with Gasteiger partial charge in [0.1, 0.15) is 0 Å². The van der Waals surface area contributed by atoms with Gasteiger partial charge in [0.15, 0.2) is 18.1 Å². The zero-order chi connectivity index (χ0) is 15.0. The number of carbonyl (C=O) groups excluding carboxylic acids is 1. The van der Waals surface area contributed by atoms with E-state index in [9.17, 15) is 4.79 Å². The molecule has 0 unspecified atom stereocenters. The van der Waals surface area contributed by atoms with Gasteiger partial charge in [0.05, 0.1) is 7.11 Å². The van der Waals surface area contributed by atoms with E-state index in [1.54, 1.807) is 19.1 Å². The summed E-state index contributed by atoms with van der Waals surface area (Å²) >= 11 is 0. The van der Waals surface area contributed by atoms with E-state index in [0.717, 1.165) is 18.7 Å². The fourth-order valence-electron chi connectivity index (χ4n) is 1.64. The number of ether oxygens (including phenoxy) is 2. The minimum atomic E-state index is -0.0497. The predicted octanol–water partition coefficient (Wildman–Crippen LogP) is 1.66. The second kappa shape index (κ2) is 8.43. The zero-order valence-electron chi connectivity index (χ0n) is 12.7. The van der Waals surface area contributed by atoms with Crippen LogP contribution < -0.4 is 14.8 Å². The van der Waals surface area contributed by atoms with Gasteiger partial charge >= 0.3 is 0 Å². The minimum absolute atomic E-state index is 0.0211. The summed E-state index contributed by atoms with van der Waals surface area (Å²) in [6, 6.07) is 5.73. The Morgan fingerprint density at radius 1 is 1.30 bits per heavy atom. The van der Waals surface area contributed by atoms with Crippen molar-refractivity contribution in [2.45, 2.75) is 20.4 Å². The molecule has 0 atom stereocenters. The number of carbonyl (C=O) groups is 1. The minimum Gasteiger partial charge on any atom is -0.493 e. The number of benzene rings is 1. The first-order valence-corrected chi connectivity index (χ1v) is 6.86. The standard InChI is InChI=1S/C15H24N2O3/c1-5-16-10-12-7-8-13(14(9-12)19-4)20-11-15(18)17(3)6-2/h7-9,16H,5-6,10-11H2,1-4H3. The van der Waals surface area contributed by atoms with Crippen LogP contribution in [0.2, 0.25) is 0 Å². The van der Waals surface area contributed by atoms with Gasteiger partial charge in [-0.1, -0.05) is 13.0 Å². The van der Waals surface area contributed by atoms with Crippen LogP contribution in [-0.2, 0) is 11.3 Å². The van der Waals surface area contributed by atoms with Crippen molar-refractivity contribution in [1.29, 1.82) is 0 Å². The third-order valence-electron chi connectivity index (χ3n) is 3.06. The lowest BCUT2D eigenvalue weighted by Crippen LogP contribution is -2.31. The smallest absolute Gasteiger partial charge is 0.260 e. The second-order valence-electron chi connectivity index (χ2n) is 4.46. The van der Waals surface area contributed by atoms with Crippen LogP contribution in [0.5, 0.6) is 11.5 Å². The predicted molar refractivity (Wildman–Crippen MR) is 79.2 cm³/mol. The van der Waals surface area contributed by atoms with E-state index in [4.69, 9.17) is 9.47 Å². The molecule has 1 amide bonds. The van der Waals surface area contributed by atoms with Gasteiger partial charge in [0, 0.05) is 20.1 Å². The van der Waals surface area contributed by atoms with E-state index >= 15 is 0 Å². The Morgan fingerprint density at radius 2 is 2.05 bits per heavy atom. The van der Waals surface area contributed by atoms with Gasteiger partial charge in [-0.15, -0.1) is 0 Å². The molecule has 0 aromatic heterocycles. The van der Waals surface area contributed by atoms with E-state index in [0.29, 0.717) is 18.0 Å². The molecule has 1 aromatic carbocycles. The SMILES string of the molecule is CCNCc1ccc(OCC(=O)N(C)CC)c(OC)c1. The van der Waals surface area contributed by atoms with E-state index in [-0.39, 0.29) is 12.5 Å². The molecule has 112 valence electrons. The Morgan fingerprint density at radius 3 is 2.65 bits per heavy atom. The molecule has 20 heavy (non-hydrogen) atoms. The van der Waals surface area contributed by atoms with E-state index in [1.165, 1.54) is 0 Å². The van der Waals surface area contributed by atoms with Gasteiger partial charge in [-0.05, 0) is 31.2 Å². The van der Waals surface area contributed by atoms with Crippen molar-refractivity contribution in [3.05, 3.63) is 23.8 Å². The van der Waals surface area contributed by atoms with Crippen molar-refractivity contribution in [2.75, 3.05) is 33.9 Å². The van der Waals surface area contributed by atoms with Crippen molar-refractivity contribution in [2.24, 2.45) is 0 Å². The molecular formula is C15H24N2O3. The Kier molecular flexibility index (Phi) is 6.87. The zero-order valence-corrected chi connectivity index (χ0v) is 12.7. The van der Waals surface area contributed by atoms with Crippen molar-refractivity contribution in [1.82, 2.24) is 10.2 Å². The van der Waals surface area contributed by atoms with Crippen LogP contribution in [0.25, 0.3) is 0 Å². The van der Waals surface area contributed by atoms with Crippen molar-refractivity contribution >= 4 is 5.91 Å². The van der Waals surface area contributed by atoms with E-state index in [2.05, 4.69) is 12.2 Å². The lowest BCUT2D eigenvalue weighted by molar-refractivity contribution is -0.131. The highest BCUT2D eigenvalue weighted by Crippen LogP contribution is 2.28. The number of amides is 1. The fraction of sp³-hybridized carbons (Fsp3) is 0.533. The number of methoxy groups -OCH3 is 1. The molecule has 0 bridgehead atoms. The number of hydrogen-bond donors (Lipinski definition) is 1. The Hall–Kier alpha value is -1.75. The van der Waals surface area contributed by atoms with Crippen LogP contribution in [0.15, 0.2) is 18.2 Å². The van der Waals surface area contributed by atoms with Crippen LogP contribution >= 0.6 is 0 Å². The number of likely N-dealkylation sites (N-methyl/N-ethyl adjacent to an activating group) is 1. The number of nitrogens with one attached hydrogen (secondary N) is 1. The maximum Gasteiger partial charge on any atom is 0.260 e. The van der Waals surface area contributed by atoms with Crippen LogP contribution in [0.1, 0.15) is 19.4 Å². The monoisotopic (exact) mass is 280 g/mol. The molecule has 0 aliphatic carbocycles. The quantitative estimate of drug-likeness (QED) is 0.787. The van der Waals surface area contributed by atoms with E-state index in [1.807, 2.05) is 25.1 Å². The maximum atomic E-state index is 11.7. The lowest BCUT2D eigenvalue weighted by atomic mass is 10.2. The molecule has 0 spiro atoms. The average Bonchev–Trinajstić information content (AvgIpc) is 2.49. The highest BCUT2D eigenvalue weighted by molar-refractivity contribution is 5.77. The molecule has 1 aromatic rings. The fourth-order valence-corrected chi connectivity index (χ4v) is 1.64. The highest BCUT2D eigenvalue weighted by Gasteiger charge is 2.10. The van der Waals surface area contributed by atoms with Crippen LogP contribution in [0, 0.1) is 0 Å². The largest absolute Gasteiger partial charge is 0.493 e. The van der Waals surface area contributed by atoms with Crippen LogP contribution in [0.3, 0.4) is 0 Å². The second-order valence-corrected chi connectivity index (χ2v) is 4.46. The Bertz CT molecular complexity index is 435. The molecule has 0 saturated carbocycles.